The van der Waals surface area contributed by atoms with Gasteiger partial charge >= 0.3 is 5.97 Å². The molecule has 0 fully saturated rings. The van der Waals surface area contributed by atoms with Crippen molar-refractivity contribution in [2.24, 2.45) is 5.10 Å². The Morgan fingerprint density at radius 1 is 1.12 bits per heavy atom. The van der Waals surface area contributed by atoms with Gasteiger partial charge in [0.1, 0.15) is 6.07 Å². The quantitative estimate of drug-likeness (QED) is 0.347. The maximum absolute atomic E-state index is 11.6. The summed E-state index contributed by atoms with van der Waals surface area (Å²) in [5.41, 5.74) is 7.60. The van der Waals surface area contributed by atoms with Gasteiger partial charge in [0.2, 0.25) is 0 Å². The second-order valence-corrected chi connectivity index (χ2v) is 5.07. The molecule has 5 nitrogen and oxygen atoms in total. The second kappa shape index (κ2) is 6.80. The zero-order valence-electron chi connectivity index (χ0n) is 13.1. The van der Waals surface area contributed by atoms with Crippen LogP contribution in [0, 0.1) is 11.3 Å². The highest BCUT2D eigenvalue weighted by Gasteiger charge is 2.23. The highest BCUT2D eigenvalue weighted by atomic mass is 16.5. The third kappa shape index (κ3) is 2.77. The van der Waals surface area contributed by atoms with E-state index in [2.05, 4.69) is 10.5 Å². The van der Waals surface area contributed by atoms with Gasteiger partial charge in [-0.3, -0.25) is 5.43 Å². The van der Waals surface area contributed by atoms with E-state index < -0.39 is 5.97 Å². The zero-order chi connectivity index (χ0) is 16.9. The van der Waals surface area contributed by atoms with E-state index in [1.807, 2.05) is 48.5 Å². The summed E-state index contributed by atoms with van der Waals surface area (Å²) in [6.07, 6.45) is 1.26. The molecule has 0 aromatic heterocycles. The van der Waals surface area contributed by atoms with Crippen LogP contribution in [0.3, 0.4) is 0 Å². The number of nitrogens with zero attached hydrogens (tertiary/aromatic N) is 2. The summed E-state index contributed by atoms with van der Waals surface area (Å²) in [6, 6.07) is 17.8. The number of hydrazone groups is 1. The lowest BCUT2D eigenvalue weighted by atomic mass is 10.1. The van der Waals surface area contributed by atoms with Crippen LogP contribution in [0.15, 0.2) is 65.4 Å². The number of nitrogens with one attached hydrogen (secondary N) is 1. The molecule has 1 aliphatic carbocycles. The topological polar surface area (TPSA) is 74.5 Å². The Kier molecular flexibility index (Phi) is 4.39. The van der Waals surface area contributed by atoms with Crippen LogP contribution in [0.25, 0.3) is 11.1 Å². The van der Waals surface area contributed by atoms with E-state index in [0.717, 1.165) is 28.0 Å². The van der Waals surface area contributed by atoms with E-state index in [9.17, 15) is 4.79 Å². The molecule has 0 spiro atoms. The van der Waals surface area contributed by atoms with Crippen LogP contribution in [0.1, 0.15) is 18.1 Å². The minimum atomic E-state index is -0.667. The van der Waals surface area contributed by atoms with Crippen LogP contribution in [0.4, 0.5) is 0 Å². The van der Waals surface area contributed by atoms with Gasteiger partial charge in [0.25, 0.3) is 0 Å². The van der Waals surface area contributed by atoms with Crippen LogP contribution < -0.4 is 5.43 Å². The highest BCUT2D eigenvalue weighted by molar-refractivity contribution is 6.24. The van der Waals surface area contributed by atoms with Gasteiger partial charge < -0.3 is 4.74 Å². The lowest BCUT2D eigenvalue weighted by molar-refractivity contribution is -0.138. The molecule has 2 aromatic carbocycles. The summed E-state index contributed by atoms with van der Waals surface area (Å²) >= 11 is 0. The monoisotopic (exact) mass is 317 g/mol. The van der Waals surface area contributed by atoms with Crippen LogP contribution in [0.2, 0.25) is 0 Å². The summed E-state index contributed by atoms with van der Waals surface area (Å²) < 4.78 is 4.81. The fraction of sp³-hybridized carbons (Fsp3) is 0.105. The fourth-order valence-corrected chi connectivity index (χ4v) is 2.62. The number of benzene rings is 2. The van der Waals surface area contributed by atoms with Gasteiger partial charge in [0, 0.05) is 17.3 Å². The molecule has 2 aromatic rings. The maximum Gasteiger partial charge on any atom is 0.350 e. The normalized spacial score (nSPS) is 12.0. The first-order valence-electron chi connectivity index (χ1n) is 7.56. The number of carbonyl (C=O) groups excluding carboxylic acids is 1. The minimum absolute atomic E-state index is 0.124. The van der Waals surface area contributed by atoms with E-state index in [1.165, 1.54) is 6.20 Å². The summed E-state index contributed by atoms with van der Waals surface area (Å²) in [5, 5.41) is 13.4. The lowest BCUT2D eigenvalue weighted by Gasteiger charge is -2.02. The number of ether oxygens (including phenoxy) is 1. The molecule has 0 saturated heterocycles. The molecule has 0 amide bonds. The van der Waals surface area contributed by atoms with Crippen molar-refractivity contribution in [3.8, 4) is 17.2 Å². The van der Waals surface area contributed by atoms with Gasteiger partial charge in [-0.15, -0.1) is 0 Å². The third-order valence-corrected chi connectivity index (χ3v) is 3.66. The van der Waals surface area contributed by atoms with Crippen LogP contribution in [0.5, 0.6) is 0 Å². The number of esters is 1. The molecular formula is C19H15N3O2. The van der Waals surface area contributed by atoms with Crippen molar-refractivity contribution >= 4 is 11.7 Å². The molecule has 5 heteroatoms. The van der Waals surface area contributed by atoms with Gasteiger partial charge in [-0.25, -0.2) is 4.79 Å². The van der Waals surface area contributed by atoms with Crippen molar-refractivity contribution in [1.82, 2.24) is 5.43 Å². The number of hydrogen-bond acceptors (Lipinski definition) is 5. The largest absolute Gasteiger partial charge is 0.462 e. The standard InChI is InChI=1S/C19H15N3O2/c1-2-24-19(23)13(11-20)12-21-22-18-16-9-5-3-7-14(16)15-8-4-6-10-17(15)18/h3-10,12,21H,2H2,1H3. The van der Waals surface area contributed by atoms with Crippen LogP contribution in [-0.2, 0) is 9.53 Å². The number of carbonyl (C=O) groups is 1. The third-order valence-electron chi connectivity index (χ3n) is 3.66. The van der Waals surface area contributed by atoms with Gasteiger partial charge in [-0.2, -0.15) is 10.4 Å². The number of nitriles is 1. The van der Waals surface area contributed by atoms with Gasteiger partial charge in [0.15, 0.2) is 5.57 Å². The molecule has 0 heterocycles. The highest BCUT2D eigenvalue weighted by Crippen LogP contribution is 2.36. The molecule has 0 saturated carbocycles. The van der Waals surface area contributed by atoms with Crippen LogP contribution in [-0.4, -0.2) is 18.3 Å². The molecular weight excluding hydrogens is 302 g/mol. The van der Waals surface area contributed by atoms with Crippen molar-refractivity contribution in [3.05, 3.63) is 71.4 Å². The molecule has 3 rings (SSSR count). The predicted molar refractivity (Wildman–Crippen MR) is 91.0 cm³/mol. The molecule has 24 heavy (non-hydrogen) atoms. The summed E-state index contributed by atoms with van der Waals surface area (Å²) in [5.74, 6) is -0.667. The Balaban J connectivity index is 1.94. The first kappa shape index (κ1) is 15.5. The Hall–Kier alpha value is -3.39. The Bertz CT molecular complexity index is 844. The van der Waals surface area contributed by atoms with Crippen LogP contribution >= 0.6 is 0 Å². The number of hydrogen-bond donors (Lipinski definition) is 1. The number of fused-ring (bicyclic) bond motifs is 3. The van der Waals surface area contributed by atoms with E-state index in [4.69, 9.17) is 10.00 Å². The molecule has 0 bridgehead atoms. The summed E-state index contributed by atoms with van der Waals surface area (Å²) in [7, 11) is 0. The summed E-state index contributed by atoms with van der Waals surface area (Å²) in [6.45, 7) is 1.90. The smallest absolute Gasteiger partial charge is 0.350 e. The average Bonchev–Trinajstić information content (AvgIpc) is 2.93. The van der Waals surface area contributed by atoms with Crippen molar-refractivity contribution in [2.75, 3.05) is 6.61 Å². The van der Waals surface area contributed by atoms with E-state index in [0.29, 0.717) is 0 Å². The van der Waals surface area contributed by atoms with Crippen molar-refractivity contribution < 1.29 is 9.53 Å². The maximum atomic E-state index is 11.6. The first-order chi connectivity index (χ1) is 11.8. The fourth-order valence-electron chi connectivity index (χ4n) is 2.62. The predicted octanol–water partition coefficient (Wildman–Crippen LogP) is 2.98. The van der Waals surface area contributed by atoms with Crippen molar-refractivity contribution in [2.45, 2.75) is 6.92 Å². The molecule has 1 N–H and O–H groups in total. The molecule has 0 atom stereocenters. The van der Waals surface area contributed by atoms with Gasteiger partial charge in [-0.1, -0.05) is 48.5 Å². The molecule has 0 aliphatic heterocycles. The molecule has 118 valence electrons. The second-order valence-electron chi connectivity index (χ2n) is 5.07. The average molecular weight is 317 g/mol. The van der Waals surface area contributed by atoms with Crippen molar-refractivity contribution in [1.29, 1.82) is 5.26 Å². The van der Waals surface area contributed by atoms with Crippen molar-refractivity contribution in [3.63, 3.8) is 0 Å². The Morgan fingerprint density at radius 3 is 2.17 bits per heavy atom. The minimum Gasteiger partial charge on any atom is -0.462 e. The number of rotatable bonds is 4. The zero-order valence-corrected chi connectivity index (χ0v) is 13.1. The lowest BCUT2D eigenvalue weighted by Crippen LogP contribution is -2.11. The van der Waals surface area contributed by atoms with Gasteiger partial charge in [0.05, 0.1) is 12.3 Å². The molecule has 1 aliphatic rings. The van der Waals surface area contributed by atoms with E-state index in [1.54, 1.807) is 13.0 Å². The SMILES string of the molecule is CCOC(=O)C(C#N)=CNN=C1c2ccccc2-c2ccccc21. The first-order valence-corrected chi connectivity index (χ1v) is 7.56. The molecule has 0 unspecified atom stereocenters. The molecule has 0 radical (unpaired) electrons. The Morgan fingerprint density at radius 2 is 1.67 bits per heavy atom. The van der Waals surface area contributed by atoms with E-state index in [-0.39, 0.29) is 12.2 Å². The Labute approximate surface area is 139 Å². The summed E-state index contributed by atoms with van der Waals surface area (Å²) in [4.78, 5) is 11.6. The van der Waals surface area contributed by atoms with E-state index >= 15 is 0 Å². The van der Waals surface area contributed by atoms with Gasteiger partial charge in [-0.05, 0) is 18.1 Å².